The van der Waals surface area contributed by atoms with Crippen molar-refractivity contribution in [3.8, 4) is 0 Å². The zero-order chi connectivity index (χ0) is 13.5. The fourth-order valence-electron chi connectivity index (χ4n) is 2.31. The van der Waals surface area contributed by atoms with Crippen molar-refractivity contribution in [2.75, 3.05) is 6.54 Å². The van der Waals surface area contributed by atoms with Gasteiger partial charge in [-0.3, -0.25) is 0 Å². The maximum atomic E-state index is 6.17. The molecule has 0 spiro atoms. The van der Waals surface area contributed by atoms with Gasteiger partial charge in [-0.05, 0) is 40.9 Å². The zero-order valence-electron chi connectivity index (χ0n) is 11.4. The van der Waals surface area contributed by atoms with E-state index in [1.54, 1.807) is 11.3 Å². The Morgan fingerprint density at radius 3 is 2.56 bits per heavy atom. The van der Waals surface area contributed by atoms with Gasteiger partial charge in [0.15, 0.2) is 0 Å². The fourth-order valence-corrected chi connectivity index (χ4v) is 4.21. The summed E-state index contributed by atoms with van der Waals surface area (Å²) in [5.41, 5.74) is 0. The predicted molar refractivity (Wildman–Crippen MR) is 86.8 cm³/mol. The van der Waals surface area contributed by atoms with Crippen molar-refractivity contribution in [2.24, 2.45) is 5.92 Å². The fraction of sp³-hybridized carbons (Fsp3) is 0.714. The van der Waals surface area contributed by atoms with Crippen molar-refractivity contribution in [1.82, 2.24) is 5.32 Å². The molecule has 2 unspecified atom stereocenters. The lowest BCUT2D eigenvalue weighted by Gasteiger charge is -2.26. The molecule has 0 saturated carbocycles. The Morgan fingerprint density at radius 2 is 2.11 bits per heavy atom. The molecule has 0 aromatic carbocycles. The molecule has 2 atom stereocenters. The van der Waals surface area contributed by atoms with Gasteiger partial charge in [-0.25, -0.2) is 0 Å². The summed E-state index contributed by atoms with van der Waals surface area (Å²) in [4.78, 5) is 1.36. The van der Waals surface area contributed by atoms with E-state index in [2.05, 4.69) is 48.1 Å². The van der Waals surface area contributed by atoms with E-state index in [0.29, 0.717) is 12.0 Å². The third-order valence-corrected chi connectivity index (χ3v) is 5.88. The van der Waals surface area contributed by atoms with Crippen LogP contribution in [0.15, 0.2) is 10.5 Å². The highest BCUT2D eigenvalue weighted by Crippen LogP contribution is 2.39. The van der Waals surface area contributed by atoms with Gasteiger partial charge in [-0.2, -0.15) is 0 Å². The van der Waals surface area contributed by atoms with Crippen LogP contribution in [0.2, 0.25) is 4.34 Å². The Morgan fingerprint density at radius 1 is 1.39 bits per heavy atom. The molecule has 1 aromatic heterocycles. The van der Waals surface area contributed by atoms with Crippen molar-refractivity contribution in [2.45, 2.75) is 52.5 Å². The lowest BCUT2D eigenvalue weighted by molar-refractivity contribution is 0.332. The molecule has 1 N–H and O–H groups in total. The van der Waals surface area contributed by atoms with Gasteiger partial charge in [0, 0.05) is 15.4 Å². The van der Waals surface area contributed by atoms with Crippen molar-refractivity contribution >= 4 is 38.9 Å². The summed E-state index contributed by atoms with van der Waals surface area (Å²) >= 11 is 11.4. The number of thiophene rings is 1. The van der Waals surface area contributed by atoms with E-state index in [9.17, 15) is 0 Å². The molecule has 18 heavy (non-hydrogen) atoms. The SMILES string of the molecule is CCCCC(CC)C(NCC)c1cc(Br)c(Cl)s1. The normalized spacial score (nSPS) is 14.7. The van der Waals surface area contributed by atoms with Crippen molar-refractivity contribution in [3.63, 3.8) is 0 Å². The van der Waals surface area contributed by atoms with Crippen LogP contribution in [0.5, 0.6) is 0 Å². The quantitative estimate of drug-likeness (QED) is 0.602. The van der Waals surface area contributed by atoms with Crippen molar-refractivity contribution in [1.29, 1.82) is 0 Å². The van der Waals surface area contributed by atoms with Gasteiger partial charge in [0.05, 0.1) is 0 Å². The topological polar surface area (TPSA) is 12.0 Å². The molecule has 1 heterocycles. The van der Waals surface area contributed by atoms with Crippen LogP contribution >= 0.6 is 38.9 Å². The minimum atomic E-state index is 0.445. The first-order chi connectivity index (χ1) is 8.63. The van der Waals surface area contributed by atoms with Gasteiger partial charge in [-0.15, -0.1) is 11.3 Å². The van der Waals surface area contributed by atoms with E-state index in [0.717, 1.165) is 15.4 Å². The smallest absolute Gasteiger partial charge is 0.107 e. The van der Waals surface area contributed by atoms with Crippen molar-refractivity contribution < 1.29 is 0 Å². The van der Waals surface area contributed by atoms with Gasteiger partial charge in [0.1, 0.15) is 4.34 Å². The highest BCUT2D eigenvalue weighted by Gasteiger charge is 2.23. The van der Waals surface area contributed by atoms with Crippen LogP contribution in [0, 0.1) is 5.92 Å². The first-order valence-corrected chi connectivity index (χ1v) is 8.80. The largest absolute Gasteiger partial charge is 0.309 e. The van der Waals surface area contributed by atoms with Crippen LogP contribution < -0.4 is 5.32 Å². The van der Waals surface area contributed by atoms with Crippen LogP contribution in [-0.2, 0) is 0 Å². The van der Waals surface area contributed by atoms with Crippen LogP contribution in [0.4, 0.5) is 0 Å². The Balaban J connectivity index is 2.85. The van der Waals surface area contributed by atoms with E-state index in [4.69, 9.17) is 11.6 Å². The summed E-state index contributed by atoms with van der Waals surface area (Å²) in [5, 5.41) is 3.63. The molecule has 0 aliphatic heterocycles. The Kier molecular flexibility index (Phi) is 7.85. The summed E-state index contributed by atoms with van der Waals surface area (Å²) in [6.07, 6.45) is 5.08. The van der Waals surface area contributed by atoms with Crippen LogP contribution in [-0.4, -0.2) is 6.54 Å². The van der Waals surface area contributed by atoms with Crippen molar-refractivity contribution in [3.05, 3.63) is 19.8 Å². The minimum absolute atomic E-state index is 0.445. The van der Waals surface area contributed by atoms with Gasteiger partial charge < -0.3 is 5.32 Å². The molecular formula is C14H23BrClNS. The summed E-state index contributed by atoms with van der Waals surface area (Å²) < 4.78 is 1.88. The van der Waals surface area contributed by atoms with Crippen LogP contribution in [0.3, 0.4) is 0 Å². The maximum absolute atomic E-state index is 6.17. The van der Waals surface area contributed by atoms with E-state index in [1.165, 1.54) is 30.6 Å². The third kappa shape index (κ3) is 4.52. The van der Waals surface area contributed by atoms with Gasteiger partial charge >= 0.3 is 0 Å². The monoisotopic (exact) mass is 351 g/mol. The number of nitrogens with one attached hydrogen (secondary N) is 1. The highest BCUT2D eigenvalue weighted by atomic mass is 79.9. The van der Waals surface area contributed by atoms with E-state index < -0.39 is 0 Å². The number of rotatable bonds is 8. The summed E-state index contributed by atoms with van der Waals surface area (Å²) in [6, 6.07) is 2.62. The molecule has 1 nitrogen and oxygen atoms in total. The van der Waals surface area contributed by atoms with Crippen LogP contribution in [0.1, 0.15) is 57.4 Å². The first-order valence-electron chi connectivity index (χ1n) is 6.82. The molecule has 0 radical (unpaired) electrons. The number of hydrogen-bond donors (Lipinski definition) is 1. The molecule has 104 valence electrons. The van der Waals surface area contributed by atoms with E-state index >= 15 is 0 Å². The highest BCUT2D eigenvalue weighted by molar-refractivity contribution is 9.10. The van der Waals surface area contributed by atoms with Gasteiger partial charge in [-0.1, -0.05) is 51.6 Å². The second-order valence-electron chi connectivity index (χ2n) is 4.62. The Bertz CT molecular complexity index is 334. The number of unbranched alkanes of at least 4 members (excludes halogenated alkanes) is 1. The maximum Gasteiger partial charge on any atom is 0.107 e. The zero-order valence-corrected chi connectivity index (χ0v) is 14.6. The molecule has 1 rings (SSSR count). The number of halogens is 2. The molecule has 1 aromatic rings. The Hall–Kier alpha value is 0.430. The molecule has 0 amide bonds. The molecule has 0 fully saturated rings. The van der Waals surface area contributed by atoms with E-state index in [-0.39, 0.29) is 0 Å². The predicted octanol–water partition coefficient (Wildman–Crippen LogP) is 6.03. The molecule has 0 saturated heterocycles. The van der Waals surface area contributed by atoms with Crippen LogP contribution in [0.25, 0.3) is 0 Å². The molecular weight excluding hydrogens is 330 g/mol. The van der Waals surface area contributed by atoms with Gasteiger partial charge in [0.25, 0.3) is 0 Å². The lowest BCUT2D eigenvalue weighted by atomic mass is 9.90. The molecule has 0 aliphatic rings. The number of hydrogen-bond acceptors (Lipinski definition) is 2. The first kappa shape index (κ1) is 16.5. The summed E-state index contributed by atoms with van der Waals surface area (Å²) in [5.74, 6) is 0.700. The average molecular weight is 353 g/mol. The minimum Gasteiger partial charge on any atom is -0.309 e. The molecule has 4 heteroatoms. The standard InChI is InChI=1S/C14H23BrClNS/c1-4-7-8-10(5-2)13(17-6-3)12-9-11(15)14(16)18-12/h9-10,13,17H,4-8H2,1-3H3. The molecule has 0 bridgehead atoms. The summed E-state index contributed by atoms with van der Waals surface area (Å²) in [7, 11) is 0. The third-order valence-electron chi connectivity index (χ3n) is 3.32. The summed E-state index contributed by atoms with van der Waals surface area (Å²) in [6.45, 7) is 7.72. The second-order valence-corrected chi connectivity index (χ2v) is 7.16. The molecule has 0 aliphatic carbocycles. The van der Waals surface area contributed by atoms with Gasteiger partial charge in [0.2, 0.25) is 0 Å². The Labute approximate surface area is 128 Å². The van der Waals surface area contributed by atoms with E-state index in [1.807, 2.05) is 0 Å². The average Bonchev–Trinajstić information content (AvgIpc) is 2.69. The second kappa shape index (κ2) is 8.57. The lowest BCUT2D eigenvalue weighted by Crippen LogP contribution is -2.27.